The van der Waals surface area contributed by atoms with Crippen LogP contribution in [0, 0.1) is 11.8 Å². The quantitative estimate of drug-likeness (QED) is 0.401. The number of fused-ring (bicyclic) bond motifs is 1. The van der Waals surface area contributed by atoms with Crippen molar-refractivity contribution in [3.05, 3.63) is 64.4 Å². The van der Waals surface area contributed by atoms with E-state index in [1.165, 1.54) is 11.8 Å². The van der Waals surface area contributed by atoms with Gasteiger partial charge in [-0.15, -0.1) is 0 Å². The summed E-state index contributed by atoms with van der Waals surface area (Å²) in [5, 5.41) is 1.15. The Morgan fingerprint density at radius 3 is 2.44 bits per heavy atom. The molecular formula is C26H31N3O2S. The van der Waals surface area contributed by atoms with Crippen LogP contribution in [0.3, 0.4) is 0 Å². The molecule has 1 amide bonds. The van der Waals surface area contributed by atoms with Crippen molar-refractivity contribution < 1.29 is 4.79 Å². The van der Waals surface area contributed by atoms with Gasteiger partial charge < -0.3 is 4.90 Å². The van der Waals surface area contributed by atoms with E-state index in [2.05, 4.69) is 33.8 Å². The third-order valence-electron chi connectivity index (χ3n) is 6.09. The molecule has 1 saturated heterocycles. The second kappa shape index (κ2) is 9.49. The monoisotopic (exact) mass is 449 g/mol. The first-order valence-corrected chi connectivity index (χ1v) is 12.4. The van der Waals surface area contributed by atoms with Crippen LogP contribution < -0.4 is 5.56 Å². The number of likely N-dealkylation sites (tertiary alicyclic amines) is 1. The fourth-order valence-electron chi connectivity index (χ4n) is 4.69. The predicted octanol–water partition coefficient (Wildman–Crippen LogP) is 5.11. The number of piperidine rings is 1. The first kappa shape index (κ1) is 22.6. The molecule has 0 radical (unpaired) electrons. The first-order valence-electron chi connectivity index (χ1n) is 11.4. The molecule has 0 aliphatic carbocycles. The van der Waals surface area contributed by atoms with E-state index in [0.29, 0.717) is 27.9 Å². The molecule has 0 saturated carbocycles. The molecule has 2 atom stereocenters. The normalized spacial score (nSPS) is 19.0. The number of benzene rings is 2. The number of nitrogens with zero attached hydrogens (tertiary/aromatic N) is 3. The van der Waals surface area contributed by atoms with E-state index in [1.54, 1.807) is 4.57 Å². The van der Waals surface area contributed by atoms with Crippen LogP contribution in [-0.2, 0) is 4.79 Å². The number of amides is 1. The van der Waals surface area contributed by atoms with Gasteiger partial charge in [0.15, 0.2) is 5.16 Å². The Morgan fingerprint density at radius 2 is 1.72 bits per heavy atom. The fraction of sp³-hybridized carbons (Fsp3) is 0.423. The Kier molecular flexibility index (Phi) is 6.70. The minimum absolute atomic E-state index is 0.0983. The lowest BCUT2D eigenvalue weighted by Crippen LogP contribution is -2.43. The molecule has 1 fully saturated rings. The molecule has 2 unspecified atom stereocenters. The van der Waals surface area contributed by atoms with E-state index in [0.717, 1.165) is 30.8 Å². The van der Waals surface area contributed by atoms with Crippen molar-refractivity contribution in [3.8, 4) is 5.69 Å². The predicted molar refractivity (Wildman–Crippen MR) is 132 cm³/mol. The van der Waals surface area contributed by atoms with Crippen molar-refractivity contribution in [2.75, 3.05) is 18.8 Å². The van der Waals surface area contributed by atoms with Gasteiger partial charge in [0.05, 0.1) is 22.3 Å². The van der Waals surface area contributed by atoms with Crippen molar-refractivity contribution in [2.45, 2.75) is 45.2 Å². The molecule has 0 spiro atoms. The molecule has 32 heavy (non-hydrogen) atoms. The zero-order valence-corrected chi connectivity index (χ0v) is 20.1. The maximum atomic E-state index is 13.6. The average Bonchev–Trinajstić information content (AvgIpc) is 2.77. The van der Waals surface area contributed by atoms with Crippen molar-refractivity contribution in [1.29, 1.82) is 0 Å². The van der Waals surface area contributed by atoms with Crippen LogP contribution in [0.2, 0.25) is 0 Å². The molecule has 5 nitrogen and oxygen atoms in total. The summed E-state index contributed by atoms with van der Waals surface area (Å²) >= 11 is 1.36. The maximum Gasteiger partial charge on any atom is 0.266 e. The Labute approximate surface area is 193 Å². The van der Waals surface area contributed by atoms with E-state index < -0.39 is 0 Å². The molecule has 0 bridgehead atoms. The zero-order valence-electron chi connectivity index (χ0n) is 19.2. The summed E-state index contributed by atoms with van der Waals surface area (Å²) in [5.74, 6) is 1.67. The zero-order chi connectivity index (χ0) is 22.8. The van der Waals surface area contributed by atoms with Crippen molar-refractivity contribution in [2.24, 2.45) is 11.8 Å². The lowest BCUT2D eigenvalue weighted by molar-refractivity contribution is -0.130. The number of rotatable bonds is 5. The van der Waals surface area contributed by atoms with E-state index in [9.17, 15) is 9.59 Å². The molecule has 1 aliphatic rings. The van der Waals surface area contributed by atoms with Gasteiger partial charge in [-0.3, -0.25) is 14.2 Å². The smallest absolute Gasteiger partial charge is 0.266 e. The summed E-state index contributed by atoms with van der Waals surface area (Å²) in [4.78, 5) is 33.4. The summed E-state index contributed by atoms with van der Waals surface area (Å²) < 4.78 is 1.69. The van der Waals surface area contributed by atoms with Crippen LogP contribution in [0.1, 0.15) is 45.6 Å². The number of hydrogen-bond donors (Lipinski definition) is 0. The topological polar surface area (TPSA) is 55.2 Å². The molecule has 6 heteroatoms. The summed E-state index contributed by atoms with van der Waals surface area (Å²) in [6.45, 7) is 10.2. The van der Waals surface area contributed by atoms with Gasteiger partial charge in [-0.2, -0.15) is 0 Å². The van der Waals surface area contributed by atoms with E-state index in [4.69, 9.17) is 4.98 Å². The van der Waals surface area contributed by atoms with Crippen LogP contribution in [0.5, 0.6) is 0 Å². The van der Waals surface area contributed by atoms with Gasteiger partial charge >= 0.3 is 0 Å². The summed E-state index contributed by atoms with van der Waals surface area (Å²) in [5.41, 5.74) is 2.48. The van der Waals surface area contributed by atoms with Gasteiger partial charge in [-0.1, -0.05) is 69.8 Å². The first-order chi connectivity index (χ1) is 15.3. The minimum atomic E-state index is -0.0983. The second-order valence-corrected chi connectivity index (χ2v) is 10.2. The lowest BCUT2D eigenvalue weighted by atomic mass is 9.92. The molecule has 4 rings (SSSR count). The molecule has 3 aromatic rings. The van der Waals surface area contributed by atoms with Gasteiger partial charge in [0.2, 0.25) is 5.91 Å². The lowest BCUT2D eigenvalue weighted by Gasteiger charge is -2.35. The molecule has 0 N–H and O–H groups in total. The van der Waals surface area contributed by atoms with Gasteiger partial charge in [-0.05, 0) is 47.9 Å². The highest BCUT2D eigenvalue weighted by Gasteiger charge is 2.26. The van der Waals surface area contributed by atoms with Gasteiger partial charge in [0.1, 0.15) is 0 Å². The summed E-state index contributed by atoms with van der Waals surface area (Å²) in [6.07, 6.45) is 1.16. The minimum Gasteiger partial charge on any atom is -0.341 e. The number of hydrogen-bond acceptors (Lipinski definition) is 4. The molecule has 1 aliphatic heterocycles. The third kappa shape index (κ3) is 4.60. The molecule has 168 valence electrons. The van der Waals surface area contributed by atoms with Crippen LogP contribution >= 0.6 is 11.8 Å². The van der Waals surface area contributed by atoms with E-state index in [-0.39, 0.29) is 23.1 Å². The highest BCUT2D eigenvalue weighted by Crippen LogP contribution is 2.28. The number of aromatic nitrogens is 2. The Balaban J connectivity index is 1.73. The van der Waals surface area contributed by atoms with Crippen molar-refractivity contribution >= 4 is 28.6 Å². The van der Waals surface area contributed by atoms with Gasteiger partial charge in [0, 0.05) is 13.1 Å². The van der Waals surface area contributed by atoms with Crippen LogP contribution in [0.4, 0.5) is 0 Å². The molecular weight excluding hydrogens is 418 g/mol. The highest BCUT2D eigenvalue weighted by atomic mass is 32.2. The fourth-order valence-corrected chi connectivity index (χ4v) is 5.59. The van der Waals surface area contributed by atoms with Gasteiger partial charge in [0.25, 0.3) is 5.56 Å². The van der Waals surface area contributed by atoms with E-state index >= 15 is 0 Å². The molecule has 2 heterocycles. The van der Waals surface area contributed by atoms with Crippen LogP contribution in [0.15, 0.2) is 58.5 Å². The Hall–Kier alpha value is -2.60. The second-order valence-electron chi connectivity index (χ2n) is 9.30. The summed E-state index contributed by atoms with van der Waals surface area (Å²) in [7, 11) is 0. The van der Waals surface area contributed by atoms with Crippen LogP contribution in [0.25, 0.3) is 16.6 Å². The van der Waals surface area contributed by atoms with Crippen LogP contribution in [-0.4, -0.2) is 39.2 Å². The third-order valence-corrected chi connectivity index (χ3v) is 7.01. The maximum absolute atomic E-state index is 13.6. The standard InChI is InChI=1S/C26H31N3O2S/c1-17(2)20-9-6-8-12-23(20)29-25(31)21-10-5-7-11-22(21)27-26(29)32-16-24(30)28-14-18(3)13-19(4)15-28/h5-12,17-19H,13-16H2,1-4H3. The van der Waals surface area contributed by atoms with E-state index in [1.807, 2.05) is 47.4 Å². The molecule has 1 aromatic heterocycles. The largest absolute Gasteiger partial charge is 0.341 e. The number of para-hydroxylation sites is 2. The number of thioether (sulfide) groups is 1. The number of carbonyl (C=O) groups excluding carboxylic acids is 1. The average molecular weight is 450 g/mol. The molecule has 2 aromatic carbocycles. The Morgan fingerprint density at radius 1 is 1.06 bits per heavy atom. The van der Waals surface area contributed by atoms with Gasteiger partial charge in [-0.25, -0.2) is 4.98 Å². The van der Waals surface area contributed by atoms with Crippen molar-refractivity contribution in [3.63, 3.8) is 0 Å². The Bertz CT molecular complexity index is 1180. The highest BCUT2D eigenvalue weighted by molar-refractivity contribution is 7.99. The van der Waals surface area contributed by atoms with Crippen molar-refractivity contribution in [1.82, 2.24) is 14.5 Å². The summed E-state index contributed by atoms with van der Waals surface area (Å²) in [6, 6.07) is 15.4. The SMILES string of the molecule is CC1CC(C)CN(C(=O)CSc2nc3ccccc3c(=O)n2-c2ccccc2C(C)C)C1. The number of carbonyl (C=O) groups is 1.